The third-order valence-electron chi connectivity index (χ3n) is 2.47. The summed E-state index contributed by atoms with van der Waals surface area (Å²) in [6.45, 7) is 1.61. The first-order chi connectivity index (χ1) is 9.44. The van der Waals surface area contributed by atoms with E-state index in [1.165, 1.54) is 10.9 Å². The summed E-state index contributed by atoms with van der Waals surface area (Å²) in [5.41, 5.74) is 6.21. The molecule has 0 saturated heterocycles. The summed E-state index contributed by atoms with van der Waals surface area (Å²) in [6.07, 6.45) is 1.54. The molecule has 8 heteroatoms. The summed E-state index contributed by atoms with van der Waals surface area (Å²) >= 11 is 0. The minimum Gasteiger partial charge on any atom is -0.324 e. The maximum absolute atomic E-state index is 13.0. The van der Waals surface area contributed by atoms with E-state index in [2.05, 4.69) is 15.6 Å². The number of hydrogen-bond acceptors (Lipinski definition) is 4. The van der Waals surface area contributed by atoms with E-state index in [9.17, 15) is 13.6 Å². The van der Waals surface area contributed by atoms with E-state index in [1.54, 1.807) is 6.92 Å². The van der Waals surface area contributed by atoms with Crippen LogP contribution in [0.25, 0.3) is 0 Å². The van der Waals surface area contributed by atoms with E-state index in [4.69, 9.17) is 5.73 Å². The lowest BCUT2D eigenvalue weighted by atomic mass is 10.3. The quantitative estimate of drug-likeness (QED) is 0.882. The summed E-state index contributed by atoms with van der Waals surface area (Å²) in [4.78, 5) is 11.7. The minimum atomic E-state index is -0.764. The number of anilines is 1. The molecule has 0 aliphatic heterocycles. The predicted molar refractivity (Wildman–Crippen MR) is 67.6 cm³/mol. The summed E-state index contributed by atoms with van der Waals surface area (Å²) < 4.78 is 27.2. The molecule has 0 bridgehead atoms. The highest BCUT2D eigenvalue weighted by Gasteiger charge is 2.09. The van der Waals surface area contributed by atoms with Crippen LogP contribution in [-0.2, 0) is 11.3 Å². The molecule has 6 nitrogen and oxygen atoms in total. The molecule has 1 aromatic carbocycles. The fraction of sp³-hybridized carbons (Fsp3) is 0.250. The van der Waals surface area contributed by atoms with Crippen molar-refractivity contribution < 1.29 is 13.6 Å². The van der Waals surface area contributed by atoms with Crippen molar-refractivity contribution in [2.75, 3.05) is 5.32 Å². The number of nitrogens with zero attached hydrogens (tertiary/aromatic N) is 3. The fourth-order valence-corrected chi connectivity index (χ4v) is 1.57. The maximum atomic E-state index is 13.0. The van der Waals surface area contributed by atoms with Crippen molar-refractivity contribution in [3.05, 3.63) is 41.7 Å². The van der Waals surface area contributed by atoms with Crippen LogP contribution in [0.2, 0.25) is 0 Å². The van der Waals surface area contributed by atoms with Crippen molar-refractivity contribution in [1.29, 1.82) is 0 Å². The van der Waals surface area contributed by atoms with E-state index in [0.29, 0.717) is 5.69 Å². The van der Waals surface area contributed by atoms with Crippen LogP contribution in [0.15, 0.2) is 24.4 Å². The van der Waals surface area contributed by atoms with Crippen molar-refractivity contribution >= 4 is 11.6 Å². The van der Waals surface area contributed by atoms with Crippen LogP contribution in [0.5, 0.6) is 0 Å². The van der Waals surface area contributed by atoms with Gasteiger partial charge in [-0.3, -0.25) is 4.79 Å². The Labute approximate surface area is 113 Å². The molecule has 1 atom stereocenters. The SMILES string of the molecule is CC(N)c1cn(CC(=O)Nc2cc(F)cc(F)c2)nn1. The number of carbonyl (C=O) groups excluding carboxylic acids is 1. The van der Waals surface area contributed by atoms with Gasteiger partial charge >= 0.3 is 0 Å². The lowest BCUT2D eigenvalue weighted by molar-refractivity contribution is -0.116. The Balaban J connectivity index is 2.01. The molecule has 0 saturated carbocycles. The smallest absolute Gasteiger partial charge is 0.246 e. The highest BCUT2D eigenvalue weighted by molar-refractivity contribution is 5.90. The molecule has 3 N–H and O–H groups in total. The van der Waals surface area contributed by atoms with Gasteiger partial charge in [0.05, 0.1) is 11.9 Å². The van der Waals surface area contributed by atoms with Crippen LogP contribution < -0.4 is 11.1 Å². The van der Waals surface area contributed by atoms with Crippen molar-refractivity contribution in [2.45, 2.75) is 19.5 Å². The number of hydrogen-bond donors (Lipinski definition) is 2. The van der Waals surface area contributed by atoms with E-state index in [1.807, 2.05) is 0 Å². The molecule has 0 radical (unpaired) electrons. The third-order valence-corrected chi connectivity index (χ3v) is 2.47. The minimum absolute atomic E-state index is 0.0417. The van der Waals surface area contributed by atoms with Gasteiger partial charge in [0.1, 0.15) is 18.2 Å². The number of halogens is 2. The van der Waals surface area contributed by atoms with E-state index in [0.717, 1.165) is 18.2 Å². The molecule has 1 unspecified atom stereocenters. The lowest BCUT2D eigenvalue weighted by Gasteiger charge is -2.05. The number of rotatable bonds is 4. The van der Waals surface area contributed by atoms with Crippen LogP contribution in [0, 0.1) is 11.6 Å². The Morgan fingerprint density at radius 3 is 2.60 bits per heavy atom. The average molecular weight is 281 g/mol. The summed E-state index contributed by atoms with van der Waals surface area (Å²) in [6, 6.07) is 2.48. The van der Waals surface area contributed by atoms with Gasteiger partial charge in [0.2, 0.25) is 5.91 Å². The van der Waals surface area contributed by atoms with E-state index in [-0.39, 0.29) is 18.3 Å². The predicted octanol–water partition coefficient (Wildman–Crippen LogP) is 1.21. The molecule has 1 amide bonds. The zero-order valence-electron chi connectivity index (χ0n) is 10.7. The molecule has 1 heterocycles. The zero-order valence-corrected chi connectivity index (χ0v) is 10.7. The monoisotopic (exact) mass is 281 g/mol. The molecule has 0 spiro atoms. The van der Waals surface area contributed by atoms with Gasteiger partial charge < -0.3 is 11.1 Å². The Morgan fingerprint density at radius 2 is 2.05 bits per heavy atom. The molecule has 2 rings (SSSR count). The van der Waals surface area contributed by atoms with Gasteiger partial charge in [-0.25, -0.2) is 13.5 Å². The van der Waals surface area contributed by atoms with Crippen molar-refractivity contribution in [1.82, 2.24) is 15.0 Å². The van der Waals surface area contributed by atoms with E-state index >= 15 is 0 Å². The van der Waals surface area contributed by atoms with Crippen molar-refractivity contribution in [3.63, 3.8) is 0 Å². The van der Waals surface area contributed by atoms with E-state index < -0.39 is 17.5 Å². The zero-order chi connectivity index (χ0) is 14.7. The molecule has 20 heavy (non-hydrogen) atoms. The first-order valence-corrected chi connectivity index (χ1v) is 5.85. The second-order valence-corrected chi connectivity index (χ2v) is 4.34. The Kier molecular flexibility index (Phi) is 4.04. The lowest BCUT2D eigenvalue weighted by Crippen LogP contribution is -2.19. The highest BCUT2D eigenvalue weighted by atomic mass is 19.1. The van der Waals surface area contributed by atoms with Crippen molar-refractivity contribution in [2.24, 2.45) is 5.73 Å². The second kappa shape index (κ2) is 5.74. The number of amides is 1. The molecule has 1 aromatic heterocycles. The van der Waals surface area contributed by atoms with Crippen LogP contribution >= 0.6 is 0 Å². The molecular formula is C12H13F2N5O. The summed E-state index contributed by atoms with van der Waals surface area (Å²) in [5, 5.41) is 9.90. The molecule has 2 aromatic rings. The first-order valence-electron chi connectivity index (χ1n) is 5.85. The van der Waals surface area contributed by atoms with Gasteiger partial charge in [0, 0.05) is 17.8 Å². The van der Waals surface area contributed by atoms with Gasteiger partial charge in [0.15, 0.2) is 0 Å². The molecule has 0 aliphatic carbocycles. The first kappa shape index (κ1) is 14.1. The Hall–Kier alpha value is -2.35. The average Bonchev–Trinajstić information content (AvgIpc) is 2.75. The fourth-order valence-electron chi connectivity index (χ4n) is 1.57. The Morgan fingerprint density at radius 1 is 1.40 bits per heavy atom. The third kappa shape index (κ3) is 3.58. The van der Waals surface area contributed by atoms with Gasteiger partial charge in [-0.2, -0.15) is 0 Å². The van der Waals surface area contributed by atoms with Gasteiger partial charge in [-0.05, 0) is 19.1 Å². The number of aromatic nitrogens is 3. The van der Waals surface area contributed by atoms with Gasteiger partial charge in [-0.1, -0.05) is 5.21 Å². The second-order valence-electron chi connectivity index (χ2n) is 4.34. The largest absolute Gasteiger partial charge is 0.324 e. The van der Waals surface area contributed by atoms with Gasteiger partial charge in [-0.15, -0.1) is 5.10 Å². The summed E-state index contributed by atoms with van der Waals surface area (Å²) in [7, 11) is 0. The number of nitrogens with one attached hydrogen (secondary N) is 1. The van der Waals surface area contributed by atoms with Gasteiger partial charge in [0.25, 0.3) is 0 Å². The van der Waals surface area contributed by atoms with Crippen LogP contribution in [0.4, 0.5) is 14.5 Å². The van der Waals surface area contributed by atoms with Crippen LogP contribution in [0.3, 0.4) is 0 Å². The normalized spacial score (nSPS) is 12.2. The van der Waals surface area contributed by atoms with Crippen LogP contribution in [-0.4, -0.2) is 20.9 Å². The topological polar surface area (TPSA) is 85.8 Å². The summed E-state index contributed by atoms with van der Waals surface area (Å²) in [5.74, 6) is -2.00. The van der Waals surface area contributed by atoms with Crippen LogP contribution in [0.1, 0.15) is 18.7 Å². The molecule has 0 fully saturated rings. The highest BCUT2D eigenvalue weighted by Crippen LogP contribution is 2.13. The number of nitrogens with two attached hydrogens (primary N) is 1. The number of benzene rings is 1. The Bertz CT molecular complexity index is 606. The standard InChI is InChI=1S/C12H13F2N5O/c1-7(15)11-5-19(18-17-11)6-12(20)16-10-3-8(13)2-9(14)4-10/h2-5,7H,6,15H2,1H3,(H,16,20). The molecule has 0 aliphatic rings. The number of carbonyl (C=O) groups is 1. The molecule has 106 valence electrons. The maximum Gasteiger partial charge on any atom is 0.246 e. The van der Waals surface area contributed by atoms with Crippen molar-refractivity contribution in [3.8, 4) is 0 Å². The molecular weight excluding hydrogens is 268 g/mol.